The molecule has 0 heterocycles. The zero-order valence-electron chi connectivity index (χ0n) is 11.6. The highest BCUT2D eigenvalue weighted by atomic mass is 32.2. The third-order valence-electron chi connectivity index (χ3n) is 2.45. The maximum Gasteiger partial charge on any atom is 0.310 e. The van der Waals surface area contributed by atoms with Crippen LogP contribution < -0.4 is 5.32 Å². The second kappa shape index (κ2) is 6.67. The van der Waals surface area contributed by atoms with E-state index < -0.39 is 20.4 Å². The number of rotatable bonds is 7. The second-order valence-electron chi connectivity index (χ2n) is 4.53. The van der Waals surface area contributed by atoms with E-state index >= 15 is 0 Å². The summed E-state index contributed by atoms with van der Waals surface area (Å²) in [7, 11) is -3.66. The van der Waals surface area contributed by atoms with Crippen LogP contribution in [0.2, 0.25) is 0 Å². The number of nitro groups is 1. The quantitative estimate of drug-likeness (QED) is 0.469. The first-order valence-electron chi connectivity index (χ1n) is 6.06. The van der Waals surface area contributed by atoms with Gasteiger partial charge in [0, 0.05) is 12.8 Å². The number of hydrogen-bond donors (Lipinski definition) is 1. The van der Waals surface area contributed by atoms with Gasteiger partial charge in [0.15, 0.2) is 9.84 Å². The molecule has 0 saturated carbocycles. The number of benzene rings is 1. The lowest BCUT2D eigenvalue weighted by Gasteiger charge is -2.11. The Morgan fingerprint density at radius 3 is 2.55 bits per heavy atom. The summed E-state index contributed by atoms with van der Waals surface area (Å²) >= 11 is 0. The number of nitro benzene ring substituents is 1. The van der Waals surface area contributed by atoms with Crippen LogP contribution in [0.15, 0.2) is 23.1 Å². The van der Waals surface area contributed by atoms with Crippen molar-refractivity contribution in [3.63, 3.8) is 0 Å². The molecule has 0 fully saturated rings. The summed E-state index contributed by atoms with van der Waals surface area (Å²) in [5.41, 5.74) is -0.259. The van der Waals surface area contributed by atoms with E-state index in [0.717, 1.165) is 6.26 Å². The van der Waals surface area contributed by atoms with Crippen LogP contribution in [0.25, 0.3) is 0 Å². The number of nitrogens with one attached hydrogen (secondary N) is 1. The largest absolute Gasteiger partial charge is 0.377 e. The van der Waals surface area contributed by atoms with Crippen molar-refractivity contribution in [1.29, 1.82) is 0 Å². The van der Waals surface area contributed by atoms with Crippen molar-refractivity contribution in [1.82, 2.24) is 0 Å². The van der Waals surface area contributed by atoms with Crippen LogP contribution >= 0.6 is 0 Å². The first kappa shape index (κ1) is 16.4. The fourth-order valence-electron chi connectivity index (χ4n) is 1.63. The molecule has 20 heavy (non-hydrogen) atoms. The van der Waals surface area contributed by atoms with Gasteiger partial charge >= 0.3 is 5.69 Å². The average Bonchev–Trinajstić information content (AvgIpc) is 2.32. The third-order valence-corrected chi connectivity index (χ3v) is 3.58. The number of ether oxygens (including phenoxy) is 1. The Hall–Kier alpha value is -1.67. The van der Waals surface area contributed by atoms with Crippen LogP contribution in [0.5, 0.6) is 0 Å². The van der Waals surface area contributed by atoms with Gasteiger partial charge in [0.05, 0.1) is 17.6 Å². The van der Waals surface area contributed by atoms with E-state index in [9.17, 15) is 18.5 Å². The number of hydrogen-bond acceptors (Lipinski definition) is 6. The Bertz CT molecular complexity index is 584. The molecule has 112 valence electrons. The van der Waals surface area contributed by atoms with Crippen LogP contribution in [0.3, 0.4) is 0 Å². The number of nitrogens with zero attached hydrogens (tertiary/aromatic N) is 1. The van der Waals surface area contributed by atoms with E-state index in [4.69, 9.17) is 4.74 Å². The molecule has 0 saturated heterocycles. The van der Waals surface area contributed by atoms with E-state index in [1.54, 1.807) is 0 Å². The molecule has 1 aromatic rings. The van der Waals surface area contributed by atoms with Crippen molar-refractivity contribution in [3.05, 3.63) is 28.3 Å². The summed E-state index contributed by atoms with van der Waals surface area (Å²) in [6.45, 7) is 4.49. The molecule has 0 aliphatic heterocycles. The minimum atomic E-state index is -3.66. The molecule has 0 aliphatic rings. The maximum absolute atomic E-state index is 11.6. The van der Waals surface area contributed by atoms with Crippen molar-refractivity contribution in [2.45, 2.75) is 24.8 Å². The normalized spacial score (nSPS) is 11.6. The van der Waals surface area contributed by atoms with E-state index in [1.165, 1.54) is 18.2 Å². The number of anilines is 1. The highest BCUT2D eigenvalue weighted by Gasteiger charge is 2.25. The summed E-state index contributed by atoms with van der Waals surface area (Å²) in [6, 6.07) is 4.17. The molecule has 1 aromatic carbocycles. The molecule has 0 atom stereocenters. The lowest BCUT2D eigenvalue weighted by Crippen LogP contribution is -2.14. The summed E-state index contributed by atoms with van der Waals surface area (Å²) in [5, 5.41) is 13.9. The van der Waals surface area contributed by atoms with Crippen LogP contribution in [-0.2, 0) is 14.6 Å². The van der Waals surface area contributed by atoms with Gasteiger partial charge in [0.1, 0.15) is 10.6 Å². The van der Waals surface area contributed by atoms with E-state index in [-0.39, 0.29) is 16.7 Å². The minimum Gasteiger partial charge on any atom is -0.377 e. The van der Waals surface area contributed by atoms with Crippen molar-refractivity contribution >= 4 is 21.2 Å². The molecule has 8 heteroatoms. The summed E-state index contributed by atoms with van der Waals surface area (Å²) in [6.07, 6.45) is 1.01. The van der Waals surface area contributed by atoms with Crippen molar-refractivity contribution in [2.75, 3.05) is 24.7 Å². The Kier molecular flexibility index (Phi) is 5.46. The smallest absolute Gasteiger partial charge is 0.310 e. The zero-order valence-corrected chi connectivity index (χ0v) is 12.4. The van der Waals surface area contributed by atoms with Gasteiger partial charge in [-0.1, -0.05) is 6.07 Å². The van der Waals surface area contributed by atoms with Crippen LogP contribution in [0, 0.1) is 10.1 Å². The molecule has 0 spiro atoms. The SMILES string of the molecule is CC(C)OCCNc1cccc(S(C)(=O)=O)c1[N+](=O)[O-]. The minimum absolute atomic E-state index is 0.0640. The van der Waals surface area contributed by atoms with Crippen LogP contribution in [0.4, 0.5) is 11.4 Å². The molecule has 1 rings (SSSR count). The molecular weight excluding hydrogens is 284 g/mol. The molecule has 7 nitrogen and oxygen atoms in total. The Morgan fingerprint density at radius 2 is 2.05 bits per heavy atom. The van der Waals surface area contributed by atoms with Gasteiger partial charge in [-0.3, -0.25) is 10.1 Å². The van der Waals surface area contributed by atoms with Gasteiger partial charge in [0.2, 0.25) is 0 Å². The van der Waals surface area contributed by atoms with Gasteiger partial charge in [-0.25, -0.2) is 8.42 Å². The standard InChI is InChI=1S/C12H18N2O5S/c1-9(2)19-8-7-13-10-5-4-6-11(20(3,17)18)12(10)14(15)16/h4-6,9,13H,7-8H2,1-3H3. The van der Waals surface area contributed by atoms with Crippen LogP contribution in [0.1, 0.15) is 13.8 Å². The zero-order chi connectivity index (χ0) is 15.3. The molecule has 0 aliphatic carbocycles. The fraction of sp³-hybridized carbons (Fsp3) is 0.500. The van der Waals surface area contributed by atoms with E-state index in [1.807, 2.05) is 13.8 Å². The number of para-hydroxylation sites is 1. The Balaban J connectivity index is 2.99. The van der Waals surface area contributed by atoms with E-state index in [0.29, 0.717) is 13.2 Å². The molecule has 0 radical (unpaired) electrons. The molecule has 0 unspecified atom stereocenters. The number of sulfone groups is 1. The highest BCUT2D eigenvalue weighted by Crippen LogP contribution is 2.31. The predicted molar refractivity (Wildman–Crippen MR) is 75.8 cm³/mol. The van der Waals surface area contributed by atoms with Gasteiger partial charge in [-0.05, 0) is 26.0 Å². The van der Waals surface area contributed by atoms with E-state index in [2.05, 4.69) is 5.32 Å². The summed E-state index contributed by atoms with van der Waals surface area (Å²) in [5.74, 6) is 0. The Morgan fingerprint density at radius 1 is 1.40 bits per heavy atom. The fourth-order valence-corrected chi connectivity index (χ4v) is 2.49. The monoisotopic (exact) mass is 302 g/mol. The van der Waals surface area contributed by atoms with Crippen molar-refractivity contribution < 1.29 is 18.1 Å². The molecule has 0 amide bonds. The van der Waals surface area contributed by atoms with Gasteiger partial charge < -0.3 is 10.1 Å². The summed E-state index contributed by atoms with van der Waals surface area (Å²) in [4.78, 5) is 10.1. The topological polar surface area (TPSA) is 98.5 Å². The Labute approximate surface area is 118 Å². The molecule has 1 N–H and O–H groups in total. The van der Waals surface area contributed by atoms with Crippen LogP contribution in [-0.4, -0.2) is 38.9 Å². The van der Waals surface area contributed by atoms with Crippen molar-refractivity contribution in [3.8, 4) is 0 Å². The third kappa shape index (κ3) is 4.46. The first-order chi connectivity index (χ1) is 9.23. The highest BCUT2D eigenvalue weighted by molar-refractivity contribution is 7.90. The molecular formula is C12H18N2O5S. The van der Waals surface area contributed by atoms with Gasteiger partial charge in [0.25, 0.3) is 0 Å². The molecule has 0 aromatic heterocycles. The van der Waals surface area contributed by atoms with Crippen molar-refractivity contribution in [2.24, 2.45) is 0 Å². The lowest BCUT2D eigenvalue weighted by molar-refractivity contribution is -0.386. The first-order valence-corrected chi connectivity index (χ1v) is 7.95. The lowest BCUT2D eigenvalue weighted by atomic mass is 10.2. The molecule has 0 bridgehead atoms. The van der Waals surface area contributed by atoms with Gasteiger partial charge in [-0.15, -0.1) is 0 Å². The average molecular weight is 302 g/mol. The predicted octanol–water partition coefficient (Wildman–Crippen LogP) is 1.84. The summed E-state index contributed by atoms with van der Waals surface area (Å²) < 4.78 is 28.5. The second-order valence-corrected chi connectivity index (χ2v) is 6.51. The maximum atomic E-state index is 11.6. The van der Waals surface area contributed by atoms with Gasteiger partial charge in [-0.2, -0.15) is 0 Å².